The second-order valence-electron chi connectivity index (χ2n) is 8.34. The monoisotopic (exact) mass is 344 g/mol. The van der Waals surface area contributed by atoms with E-state index in [1.165, 1.54) is 11.1 Å². The Bertz CT molecular complexity index is 697. The van der Waals surface area contributed by atoms with Gasteiger partial charge in [-0.25, -0.2) is 4.79 Å². The molecule has 136 valence electrons. The highest BCUT2D eigenvalue weighted by Crippen LogP contribution is 2.61. The Labute approximate surface area is 149 Å². The van der Waals surface area contributed by atoms with Gasteiger partial charge in [-0.3, -0.25) is 0 Å². The van der Waals surface area contributed by atoms with Crippen molar-refractivity contribution in [2.24, 2.45) is 17.3 Å². The van der Waals surface area contributed by atoms with Gasteiger partial charge >= 0.3 is 5.97 Å². The first-order valence-electron chi connectivity index (χ1n) is 9.66. The standard InChI is InChI=1S/C21H28O4/c1-3-25-20(24)16-11-15-12(10-18(16)22)4-5-14-13(15)8-9-21(2)17(14)6-7-19(21)23/h10-11,13-14,17,19,22-23H,3-9H2,1-2H3/t13?,14?,17?,19?,21-/m0/s1. The Balaban J connectivity index is 1.70. The average Bonchev–Trinajstić information content (AvgIpc) is 2.89. The third kappa shape index (κ3) is 2.49. The van der Waals surface area contributed by atoms with Gasteiger partial charge in [0.2, 0.25) is 0 Å². The Kier molecular flexibility index (Phi) is 4.06. The number of ether oxygens (including phenoxy) is 1. The number of aromatic hydroxyl groups is 1. The van der Waals surface area contributed by atoms with Gasteiger partial charge in [-0.05, 0) is 91.9 Å². The molecule has 1 aromatic carbocycles. The molecule has 0 saturated heterocycles. The van der Waals surface area contributed by atoms with Crippen LogP contribution in [-0.2, 0) is 11.2 Å². The summed E-state index contributed by atoms with van der Waals surface area (Å²) in [5.41, 5.74) is 2.75. The summed E-state index contributed by atoms with van der Waals surface area (Å²) in [7, 11) is 0. The maximum atomic E-state index is 12.2. The molecular weight excluding hydrogens is 316 g/mol. The number of carbonyl (C=O) groups excluding carboxylic acids is 1. The van der Waals surface area contributed by atoms with Crippen molar-refractivity contribution in [2.45, 2.75) is 64.4 Å². The van der Waals surface area contributed by atoms with E-state index in [9.17, 15) is 15.0 Å². The van der Waals surface area contributed by atoms with Gasteiger partial charge < -0.3 is 14.9 Å². The van der Waals surface area contributed by atoms with Crippen LogP contribution in [0.4, 0.5) is 0 Å². The molecule has 2 saturated carbocycles. The van der Waals surface area contributed by atoms with Crippen molar-refractivity contribution in [3.63, 3.8) is 0 Å². The summed E-state index contributed by atoms with van der Waals surface area (Å²) >= 11 is 0. The highest BCUT2D eigenvalue weighted by molar-refractivity contribution is 5.92. The molecule has 0 spiro atoms. The van der Waals surface area contributed by atoms with Crippen molar-refractivity contribution in [1.29, 1.82) is 0 Å². The van der Waals surface area contributed by atoms with E-state index in [1.807, 2.05) is 6.07 Å². The predicted molar refractivity (Wildman–Crippen MR) is 94.7 cm³/mol. The molecule has 4 heteroatoms. The summed E-state index contributed by atoms with van der Waals surface area (Å²) in [6.45, 7) is 4.35. The van der Waals surface area contributed by atoms with Crippen LogP contribution >= 0.6 is 0 Å². The fourth-order valence-corrected chi connectivity index (χ4v) is 5.95. The lowest BCUT2D eigenvalue weighted by Crippen LogP contribution is -2.44. The summed E-state index contributed by atoms with van der Waals surface area (Å²) < 4.78 is 5.10. The largest absolute Gasteiger partial charge is 0.507 e. The molecule has 5 atom stereocenters. The van der Waals surface area contributed by atoms with Gasteiger partial charge in [0, 0.05) is 0 Å². The van der Waals surface area contributed by atoms with Crippen LogP contribution in [0.5, 0.6) is 5.75 Å². The van der Waals surface area contributed by atoms with E-state index in [4.69, 9.17) is 4.74 Å². The van der Waals surface area contributed by atoms with Crippen LogP contribution in [0.15, 0.2) is 12.1 Å². The van der Waals surface area contributed by atoms with Crippen LogP contribution in [-0.4, -0.2) is 28.9 Å². The number of phenolic OH excluding ortho intramolecular Hbond substituents is 1. The molecule has 3 aliphatic rings. The number of fused-ring (bicyclic) bond motifs is 5. The van der Waals surface area contributed by atoms with Crippen LogP contribution in [0.1, 0.15) is 73.4 Å². The second kappa shape index (κ2) is 6.01. The van der Waals surface area contributed by atoms with Gasteiger partial charge in [0.25, 0.3) is 0 Å². The first-order valence-corrected chi connectivity index (χ1v) is 9.66. The van der Waals surface area contributed by atoms with Crippen molar-refractivity contribution in [3.05, 3.63) is 28.8 Å². The van der Waals surface area contributed by atoms with Gasteiger partial charge in [0.15, 0.2) is 0 Å². The number of phenols is 1. The highest BCUT2D eigenvalue weighted by Gasteiger charge is 2.54. The minimum absolute atomic E-state index is 0.0348. The van der Waals surface area contributed by atoms with Gasteiger partial charge in [-0.1, -0.05) is 6.92 Å². The van der Waals surface area contributed by atoms with Crippen LogP contribution in [0.2, 0.25) is 0 Å². The molecule has 4 rings (SSSR count). The number of aryl methyl sites for hydroxylation is 1. The molecule has 1 aromatic rings. The number of esters is 1. The molecule has 25 heavy (non-hydrogen) atoms. The fourth-order valence-electron chi connectivity index (χ4n) is 5.95. The fraction of sp³-hybridized carbons (Fsp3) is 0.667. The molecule has 0 heterocycles. The Morgan fingerprint density at radius 1 is 1.28 bits per heavy atom. The highest BCUT2D eigenvalue weighted by atomic mass is 16.5. The molecule has 3 aliphatic carbocycles. The van der Waals surface area contributed by atoms with E-state index in [0.717, 1.165) is 38.5 Å². The molecule has 0 aliphatic heterocycles. The molecular formula is C21H28O4. The van der Waals surface area contributed by atoms with Crippen LogP contribution in [0, 0.1) is 17.3 Å². The van der Waals surface area contributed by atoms with Gasteiger partial charge in [-0.2, -0.15) is 0 Å². The molecule has 0 radical (unpaired) electrons. The Morgan fingerprint density at radius 3 is 2.84 bits per heavy atom. The summed E-state index contributed by atoms with van der Waals surface area (Å²) in [6.07, 6.45) is 6.00. The second-order valence-corrected chi connectivity index (χ2v) is 8.34. The van der Waals surface area contributed by atoms with E-state index in [2.05, 4.69) is 6.92 Å². The maximum absolute atomic E-state index is 12.2. The van der Waals surface area contributed by atoms with E-state index >= 15 is 0 Å². The molecule has 0 bridgehead atoms. The van der Waals surface area contributed by atoms with Crippen LogP contribution in [0.3, 0.4) is 0 Å². The van der Waals surface area contributed by atoms with Gasteiger partial charge in [0.05, 0.1) is 12.7 Å². The zero-order valence-electron chi connectivity index (χ0n) is 15.1. The zero-order chi connectivity index (χ0) is 17.8. The van der Waals surface area contributed by atoms with Gasteiger partial charge in [0.1, 0.15) is 11.3 Å². The number of rotatable bonds is 2. The summed E-state index contributed by atoms with van der Waals surface area (Å²) in [4.78, 5) is 12.2. The first kappa shape index (κ1) is 16.9. The lowest BCUT2D eigenvalue weighted by molar-refractivity contribution is -0.0226. The Morgan fingerprint density at radius 2 is 2.08 bits per heavy atom. The summed E-state index contributed by atoms with van der Waals surface area (Å²) in [5, 5.41) is 20.7. The van der Waals surface area contributed by atoms with Crippen molar-refractivity contribution in [1.82, 2.24) is 0 Å². The summed E-state index contributed by atoms with van der Waals surface area (Å²) in [5.74, 6) is 1.16. The minimum Gasteiger partial charge on any atom is -0.507 e. The number of hydrogen-bond donors (Lipinski definition) is 2. The van der Waals surface area contributed by atoms with Crippen LogP contribution < -0.4 is 0 Å². The number of benzene rings is 1. The molecule has 2 fully saturated rings. The molecule has 4 unspecified atom stereocenters. The number of aliphatic hydroxyl groups is 1. The number of aliphatic hydroxyl groups excluding tert-OH is 1. The number of carbonyl (C=O) groups is 1. The number of hydrogen-bond acceptors (Lipinski definition) is 4. The van der Waals surface area contributed by atoms with E-state index in [0.29, 0.717) is 29.9 Å². The normalized spacial score (nSPS) is 36.3. The van der Waals surface area contributed by atoms with Gasteiger partial charge in [-0.15, -0.1) is 0 Å². The average molecular weight is 344 g/mol. The quantitative estimate of drug-likeness (QED) is 0.801. The lowest BCUT2D eigenvalue weighted by Gasteiger charge is -2.50. The molecule has 0 amide bonds. The topological polar surface area (TPSA) is 66.8 Å². The zero-order valence-corrected chi connectivity index (χ0v) is 15.1. The van der Waals surface area contributed by atoms with Crippen molar-refractivity contribution in [3.8, 4) is 5.75 Å². The lowest BCUT2D eigenvalue weighted by atomic mass is 9.55. The molecule has 2 N–H and O–H groups in total. The van der Waals surface area contributed by atoms with Crippen molar-refractivity contribution < 1.29 is 19.7 Å². The van der Waals surface area contributed by atoms with E-state index in [1.54, 1.807) is 13.0 Å². The van der Waals surface area contributed by atoms with Crippen molar-refractivity contribution >= 4 is 5.97 Å². The minimum atomic E-state index is -0.443. The van der Waals surface area contributed by atoms with E-state index < -0.39 is 5.97 Å². The SMILES string of the molecule is CCOC(=O)c1cc2c(cc1O)CCC1C2CC[C@]2(C)C(O)CCC12. The Hall–Kier alpha value is -1.55. The van der Waals surface area contributed by atoms with Crippen LogP contribution in [0.25, 0.3) is 0 Å². The van der Waals surface area contributed by atoms with E-state index in [-0.39, 0.29) is 17.3 Å². The predicted octanol–water partition coefficient (Wildman–Crippen LogP) is 3.79. The first-order chi connectivity index (χ1) is 12.0. The summed E-state index contributed by atoms with van der Waals surface area (Å²) in [6, 6.07) is 3.66. The van der Waals surface area contributed by atoms with Crippen molar-refractivity contribution in [2.75, 3.05) is 6.61 Å². The smallest absolute Gasteiger partial charge is 0.341 e. The maximum Gasteiger partial charge on any atom is 0.341 e. The molecule has 4 nitrogen and oxygen atoms in total. The third-order valence-corrected chi connectivity index (χ3v) is 7.29. The third-order valence-electron chi connectivity index (χ3n) is 7.29. The molecule has 0 aromatic heterocycles.